The Kier molecular flexibility index (Phi) is 6.78. The van der Waals surface area contributed by atoms with E-state index in [1.165, 1.54) is 27.3 Å². The largest absolute Gasteiger partial charge is 0.309 e. The van der Waals surface area contributed by atoms with Crippen molar-refractivity contribution >= 4 is 38.6 Å². The number of nitrogens with zero attached hydrogens (tertiary/aromatic N) is 4. The first-order chi connectivity index (χ1) is 25.3. The van der Waals surface area contributed by atoms with Gasteiger partial charge in [-0.3, -0.25) is 0 Å². The van der Waals surface area contributed by atoms with Crippen LogP contribution in [0.5, 0.6) is 0 Å². The van der Waals surface area contributed by atoms with Gasteiger partial charge in [-0.05, 0) is 63.2 Å². The normalized spacial score (nSPS) is 11.9. The van der Waals surface area contributed by atoms with E-state index in [9.17, 15) is 0 Å². The van der Waals surface area contributed by atoms with Gasteiger partial charge < -0.3 is 4.90 Å². The van der Waals surface area contributed by atoms with Crippen molar-refractivity contribution in [2.24, 2.45) is 0 Å². The number of hydrogen-bond acceptors (Lipinski definition) is 4. The van der Waals surface area contributed by atoms with Crippen LogP contribution in [0.15, 0.2) is 182 Å². The lowest BCUT2D eigenvalue weighted by molar-refractivity contribution is 1.07. The Morgan fingerprint density at radius 1 is 0.353 bits per heavy atom. The molecule has 0 amide bonds. The highest BCUT2D eigenvalue weighted by atomic mass is 15.2. The lowest BCUT2D eigenvalue weighted by Crippen LogP contribution is -2.16. The Morgan fingerprint density at radius 3 is 1.76 bits per heavy atom. The van der Waals surface area contributed by atoms with Crippen molar-refractivity contribution < 1.29 is 0 Å². The van der Waals surface area contributed by atoms with E-state index in [0.29, 0.717) is 17.5 Å². The van der Waals surface area contributed by atoms with Crippen LogP contribution >= 0.6 is 0 Å². The van der Waals surface area contributed by atoms with E-state index in [-0.39, 0.29) is 0 Å². The summed E-state index contributed by atoms with van der Waals surface area (Å²) < 4.78 is 0. The Hall–Kier alpha value is -6.91. The molecule has 0 unspecified atom stereocenters. The molecule has 10 rings (SSSR count). The van der Waals surface area contributed by atoms with Crippen LogP contribution in [0.1, 0.15) is 0 Å². The second-order valence-corrected chi connectivity index (χ2v) is 12.8. The van der Waals surface area contributed by atoms with Gasteiger partial charge in [0.1, 0.15) is 0 Å². The van der Waals surface area contributed by atoms with Gasteiger partial charge in [-0.1, -0.05) is 152 Å². The Morgan fingerprint density at radius 2 is 0.980 bits per heavy atom. The molecular formula is C47H30N4. The summed E-state index contributed by atoms with van der Waals surface area (Å²) in [7, 11) is 0. The average Bonchev–Trinajstić information content (AvgIpc) is 3.21. The van der Waals surface area contributed by atoms with Crippen molar-refractivity contribution in [3.63, 3.8) is 0 Å². The first-order valence-corrected chi connectivity index (χ1v) is 17.2. The number of fused-ring (bicyclic) bond motifs is 3. The minimum absolute atomic E-state index is 0.636. The van der Waals surface area contributed by atoms with Gasteiger partial charge in [0.2, 0.25) is 0 Å². The predicted molar refractivity (Wildman–Crippen MR) is 210 cm³/mol. The van der Waals surface area contributed by atoms with Gasteiger partial charge in [0.15, 0.2) is 17.5 Å². The molecule has 1 aromatic heterocycles. The van der Waals surface area contributed by atoms with E-state index >= 15 is 0 Å². The van der Waals surface area contributed by atoms with Crippen LogP contribution in [-0.2, 0) is 0 Å². The molecular weight excluding hydrogens is 621 g/mol. The molecule has 0 radical (unpaired) electrons. The standard InChI is InChI=1S/C47H30N4/c1-4-15-32(16-5-1)37-28-29-42-43-38(37)22-12-23-39(43)44-40(24-13-25-41(44)51(42)36-20-8-3-9-21-36)47-49-45(33-17-6-2-7-18-33)48-46(50-47)35-27-26-31-14-10-11-19-34(31)30-35/h1-30H. The highest BCUT2D eigenvalue weighted by Gasteiger charge is 2.30. The van der Waals surface area contributed by atoms with Crippen molar-refractivity contribution in [1.29, 1.82) is 0 Å². The molecule has 0 aliphatic carbocycles. The number of aromatic nitrogens is 3. The third-order valence-electron chi connectivity index (χ3n) is 9.83. The summed E-state index contributed by atoms with van der Waals surface area (Å²) >= 11 is 0. The van der Waals surface area contributed by atoms with Gasteiger partial charge in [0, 0.05) is 33.3 Å². The molecule has 8 aromatic carbocycles. The molecule has 9 aromatic rings. The number of para-hydroxylation sites is 1. The fourth-order valence-corrected chi connectivity index (χ4v) is 7.50. The van der Waals surface area contributed by atoms with Crippen molar-refractivity contribution in [2.75, 3.05) is 4.90 Å². The number of anilines is 3. The zero-order valence-electron chi connectivity index (χ0n) is 27.6. The van der Waals surface area contributed by atoms with Gasteiger partial charge in [0.05, 0.1) is 11.4 Å². The van der Waals surface area contributed by atoms with Crippen LogP contribution in [0.2, 0.25) is 0 Å². The summed E-state index contributed by atoms with van der Waals surface area (Å²) in [6.07, 6.45) is 0. The van der Waals surface area contributed by atoms with Crippen LogP contribution < -0.4 is 4.90 Å². The lowest BCUT2D eigenvalue weighted by atomic mass is 9.85. The molecule has 0 fully saturated rings. The van der Waals surface area contributed by atoms with Gasteiger partial charge in [0.25, 0.3) is 0 Å². The summed E-state index contributed by atoms with van der Waals surface area (Å²) in [5.41, 5.74) is 10.8. The van der Waals surface area contributed by atoms with Crippen LogP contribution in [0.3, 0.4) is 0 Å². The molecule has 0 saturated heterocycles. The first-order valence-electron chi connectivity index (χ1n) is 17.2. The molecule has 4 heteroatoms. The van der Waals surface area contributed by atoms with Crippen molar-refractivity contribution in [3.05, 3.63) is 182 Å². The topological polar surface area (TPSA) is 41.9 Å². The van der Waals surface area contributed by atoms with Crippen LogP contribution in [0.25, 0.3) is 78.0 Å². The molecule has 1 aliphatic rings. The minimum Gasteiger partial charge on any atom is -0.309 e. The maximum atomic E-state index is 5.26. The number of rotatable bonds is 5. The third kappa shape index (κ3) is 4.88. The van der Waals surface area contributed by atoms with E-state index < -0.39 is 0 Å². The smallest absolute Gasteiger partial charge is 0.164 e. The van der Waals surface area contributed by atoms with Gasteiger partial charge in [-0.25, -0.2) is 15.0 Å². The highest BCUT2D eigenvalue weighted by molar-refractivity contribution is 6.19. The fourth-order valence-electron chi connectivity index (χ4n) is 7.50. The zero-order chi connectivity index (χ0) is 33.7. The monoisotopic (exact) mass is 650 g/mol. The molecule has 4 nitrogen and oxygen atoms in total. The molecule has 238 valence electrons. The summed E-state index contributed by atoms with van der Waals surface area (Å²) in [5, 5.41) is 4.73. The Labute approximate surface area is 296 Å². The molecule has 0 bridgehead atoms. The van der Waals surface area contributed by atoms with Crippen LogP contribution in [0.4, 0.5) is 17.1 Å². The molecule has 1 aliphatic heterocycles. The van der Waals surface area contributed by atoms with E-state index in [1.807, 2.05) is 18.2 Å². The number of hydrogen-bond donors (Lipinski definition) is 0. The van der Waals surface area contributed by atoms with E-state index in [1.54, 1.807) is 0 Å². The maximum Gasteiger partial charge on any atom is 0.164 e. The summed E-state index contributed by atoms with van der Waals surface area (Å²) in [6.45, 7) is 0. The van der Waals surface area contributed by atoms with Crippen molar-refractivity contribution in [2.45, 2.75) is 0 Å². The summed E-state index contributed by atoms with van der Waals surface area (Å²) in [6, 6.07) is 63.9. The molecule has 0 N–H and O–H groups in total. The Bertz CT molecular complexity index is 2740. The van der Waals surface area contributed by atoms with E-state index in [4.69, 9.17) is 15.0 Å². The molecule has 0 saturated carbocycles. The second kappa shape index (κ2) is 11.9. The third-order valence-corrected chi connectivity index (χ3v) is 9.83. The van der Waals surface area contributed by atoms with Crippen molar-refractivity contribution in [3.8, 4) is 56.4 Å². The minimum atomic E-state index is 0.636. The van der Waals surface area contributed by atoms with E-state index in [2.05, 4.69) is 169 Å². The summed E-state index contributed by atoms with van der Waals surface area (Å²) in [5.74, 6) is 1.92. The van der Waals surface area contributed by atoms with Crippen LogP contribution in [-0.4, -0.2) is 15.0 Å². The lowest BCUT2D eigenvalue weighted by Gasteiger charge is -2.35. The van der Waals surface area contributed by atoms with Gasteiger partial charge >= 0.3 is 0 Å². The first kappa shape index (κ1) is 29.0. The quantitative estimate of drug-likeness (QED) is 0.186. The molecule has 0 spiro atoms. The number of benzene rings is 8. The average molecular weight is 651 g/mol. The van der Waals surface area contributed by atoms with Crippen LogP contribution in [0, 0.1) is 0 Å². The summed E-state index contributed by atoms with van der Waals surface area (Å²) in [4.78, 5) is 17.9. The molecule has 0 atom stereocenters. The van der Waals surface area contributed by atoms with Crippen molar-refractivity contribution in [1.82, 2.24) is 15.0 Å². The molecule has 2 heterocycles. The maximum absolute atomic E-state index is 5.26. The SMILES string of the molecule is c1ccc(-c2nc(-c3ccc4ccccc4c3)nc(-c3cccc4c3-c3cccc5c(-c6ccccc6)ccc(c35)N4c3ccccc3)n2)cc1. The van der Waals surface area contributed by atoms with Gasteiger partial charge in [-0.15, -0.1) is 0 Å². The molecule has 51 heavy (non-hydrogen) atoms. The second-order valence-electron chi connectivity index (χ2n) is 12.8. The highest BCUT2D eigenvalue weighted by Crippen LogP contribution is 2.54. The zero-order valence-corrected chi connectivity index (χ0v) is 27.6. The Balaban J connectivity index is 1.27. The fraction of sp³-hybridized carbons (Fsp3) is 0. The predicted octanol–water partition coefficient (Wildman–Crippen LogP) is 12.3. The van der Waals surface area contributed by atoms with E-state index in [0.717, 1.165) is 50.3 Å². The van der Waals surface area contributed by atoms with Gasteiger partial charge in [-0.2, -0.15) is 0 Å².